The number of rotatable bonds is 51. The molecule has 0 heterocycles. The summed E-state index contributed by atoms with van der Waals surface area (Å²) >= 11 is 0. The third-order valence-corrected chi connectivity index (χ3v) is 12.5. The van der Waals surface area contributed by atoms with Gasteiger partial charge in [-0.3, -0.25) is 14.4 Å². The Balaban J connectivity index is 4.31. The molecule has 0 aromatic rings. The van der Waals surface area contributed by atoms with Crippen LogP contribution >= 0.6 is 0 Å². The minimum atomic E-state index is -0.765. The van der Waals surface area contributed by atoms with Crippen molar-refractivity contribution in [1.82, 2.24) is 0 Å². The second kappa shape index (κ2) is 51.8. The van der Waals surface area contributed by atoms with Crippen LogP contribution in [0.2, 0.25) is 0 Å². The van der Waals surface area contributed by atoms with Crippen LogP contribution in [-0.4, -0.2) is 37.2 Å². The smallest absolute Gasteiger partial charge is 0.306 e. The maximum Gasteiger partial charge on any atom is 0.306 e. The first-order valence-electron chi connectivity index (χ1n) is 27.7. The number of esters is 3. The largest absolute Gasteiger partial charge is 0.462 e. The van der Waals surface area contributed by atoms with Gasteiger partial charge >= 0.3 is 17.9 Å². The summed E-state index contributed by atoms with van der Waals surface area (Å²) < 4.78 is 16.8. The van der Waals surface area contributed by atoms with Gasteiger partial charge in [0, 0.05) is 19.3 Å². The molecule has 0 radical (unpaired) electrons. The Hall–Kier alpha value is -1.85. The summed E-state index contributed by atoms with van der Waals surface area (Å²) in [6, 6.07) is 0. The predicted molar refractivity (Wildman–Crippen MR) is 266 cm³/mol. The monoisotopic (exact) mass is 875 g/mol. The van der Waals surface area contributed by atoms with Gasteiger partial charge in [0.15, 0.2) is 6.10 Å². The third kappa shape index (κ3) is 49.2. The fourth-order valence-corrected chi connectivity index (χ4v) is 8.32. The zero-order valence-corrected chi connectivity index (χ0v) is 41.9. The maximum absolute atomic E-state index is 12.8. The van der Waals surface area contributed by atoms with Crippen molar-refractivity contribution < 1.29 is 28.6 Å². The highest BCUT2D eigenvalue weighted by Crippen LogP contribution is 2.17. The van der Waals surface area contributed by atoms with E-state index < -0.39 is 6.10 Å². The number of hydrogen-bond acceptors (Lipinski definition) is 6. The standard InChI is InChI=1S/C56H106O6/c1-4-7-10-13-16-19-22-25-27-28-29-32-34-37-40-43-46-49-55(58)61-52-53(51-60-54(57)48-45-42-39-36-33-30-24-21-18-15-12-9-6-3)62-56(59)50-47-44-41-38-35-31-26-23-20-17-14-11-8-5-2/h25,27,53H,4-24,26,28-52H2,1-3H3/b27-25+/t53-/m1/s1. The summed E-state index contributed by atoms with van der Waals surface area (Å²) in [5, 5.41) is 0. The van der Waals surface area contributed by atoms with E-state index in [1.807, 2.05) is 0 Å². The molecule has 0 rings (SSSR count). The minimum absolute atomic E-state index is 0.0655. The van der Waals surface area contributed by atoms with Crippen LogP contribution in [0.15, 0.2) is 12.2 Å². The van der Waals surface area contributed by atoms with Gasteiger partial charge in [-0.05, 0) is 44.9 Å². The fraction of sp³-hybridized carbons (Fsp3) is 0.911. The Morgan fingerprint density at radius 2 is 0.532 bits per heavy atom. The number of ether oxygens (including phenoxy) is 3. The van der Waals surface area contributed by atoms with E-state index in [1.54, 1.807) is 0 Å². The molecule has 0 aliphatic heterocycles. The van der Waals surface area contributed by atoms with E-state index >= 15 is 0 Å². The highest BCUT2D eigenvalue weighted by atomic mass is 16.6. The molecule has 0 N–H and O–H groups in total. The van der Waals surface area contributed by atoms with Gasteiger partial charge in [0.25, 0.3) is 0 Å². The van der Waals surface area contributed by atoms with E-state index in [0.29, 0.717) is 19.3 Å². The fourth-order valence-electron chi connectivity index (χ4n) is 8.32. The quantitative estimate of drug-likeness (QED) is 0.0262. The molecule has 0 aromatic carbocycles. The third-order valence-electron chi connectivity index (χ3n) is 12.5. The number of allylic oxidation sites excluding steroid dienone is 2. The van der Waals surface area contributed by atoms with E-state index in [4.69, 9.17) is 14.2 Å². The first-order valence-corrected chi connectivity index (χ1v) is 27.7. The molecule has 0 unspecified atom stereocenters. The van der Waals surface area contributed by atoms with Crippen molar-refractivity contribution in [2.24, 2.45) is 0 Å². The summed E-state index contributed by atoms with van der Waals surface area (Å²) in [6.45, 7) is 6.68. The van der Waals surface area contributed by atoms with Crippen molar-refractivity contribution in [3.63, 3.8) is 0 Å². The zero-order valence-electron chi connectivity index (χ0n) is 41.9. The lowest BCUT2D eigenvalue weighted by molar-refractivity contribution is -0.167. The van der Waals surface area contributed by atoms with E-state index in [-0.39, 0.29) is 31.1 Å². The molecule has 1 atom stereocenters. The van der Waals surface area contributed by atoms with Gasteiger partial charge in [0.05, 0.1) is 0 Å². The van der Waals surface area contributed by atoms with Crippen LogP contribution in [-0.2, 0) is 28.6 Å². The molecule has 0 amide bonds. The van der Waals surface area contributed by atoms with Crippen LogP contribution in [0.1, 0.15) is 310 Å². The Morgan fingerprint density at radius 1 is 0.306 bits per heavy atom. The van der Waals surface area contributed by atoms with Gasteiger partial charge < -0.3 is 14.2 Å². The van der Waals surface area contributed by atoms with Crippen LogP contribution in [0.5, 0.6) is 0 Å². The van der Waals surface area contributed by atoms with Crippen molar-refractivity contribution in [2.75, 3.05) is 13.2 Å². The molecule has 6 heteroatoms. The molecular weight excluding hydrogens is 769 g/mol. The first-order chi connectivity index (χ1) is 30.5. The van der Waals surface area contributed by atoms with Crippen LogP contribution in [0.25, 0.3) is 0 Å². The van der Waals surface area contributed by atoms with E-state index in [2.05, 4.69) is 32.9 Å². The van der Waals surface area contributed by atoms with Crippen molar-refractivity contribution in [3.05, 3.63) is 12.2 Å². The second-order valence-electron chi connectivity index (χ2n) is 18.9. The first kappa shape index (κ1) is 60.2. The number of unbranched alkanes of at least 4 members (excludes halogenated alkanes) is 38. The van der Waals surface area contributed by atoms with Gasteiger partial charge in [-0.25, -0.2) is 0 Å². The summed E-state index contributed by atoms with van der Waals surface area (Å²) in [4.78, 5) is 38.0. The van der Waals surface area contributed by atoms with Crippen molar-refractivity contribution in [1.29, 1.82) is 0 Å². The molecular formula is C56H106O6. The Morgan fingerprint density at radius 3 is 0.806 bits per heavy atom. The average molecular weight is 875 g/mol. The summed E-state index contributed by atoms with van der Waals surface area (Å²) in [7, 11) is 0. The predicted octanol–water partition coefficient (Wildman–Crippen LogP) is 18.2. The Labute approximate surface area is 386 Å². The SMILES string of the molecule is CCCCCCCC/C=C/CCCCCCCCCC(=O)OC[C@@H](COC(=O)CCCCCCCCCCCCCCC)OC(=O)CCCCCCCCCCCCCCCC. The summed E-state index contributed by atoms with van der Waals surface area (Å²) in [5.74, 6) is -0.849. The topological polar surface area (TPSA) is 78.9 Å². The minimum Gasteiger partial charge on any atom is -0.462 e. The van der Waals surface area contributed by atoms with Gasteiger partial charge in [-0.15, -0.1) is 0 Å². The lowest BCUT2D eigenvalue weighted by Gasteiger charge is -2.18. The second-order valence-corrected chi connectivity index (χ2v) is 18.9. The molecule has 0 aliphatic rings. The lowest BCUT2D eigenvalue weighted by atomic mass is 10.0. The molecule has 0 saturated carbocycles. The van der Waals surface area contributed by atoms with Crippen LogP contribution in [0.4, 0.5) is 0 Å². The Bertz CT molecular complexity index is 962. The molecule has 62 heavy (non-hydrogen) atoms. The van der Waals surface area contributed by atoms with E-state index in [9.17, 15) is 14.4 Å². The highest BCUT2D eigenvalue weighted by Gasteiger charge is 2.19. The maximum atomic E-state index is 12.8. The normalized spacial score (nSPS) is 12.0. The van der Waals surface area contributed by atoms with Crippen LogP contribution in [0, 0.1) is 0 Å². The van der Waals surface area contributed by atoms with Gasteiger partial charge in [-0.2, -0.15) is 0 Å². The van der Waals surface area contributed by atoms with Crippen LogP contribution < -0.4 is 0 Å². The van der Waals surface area contributed by atoms with Crippen LogP contribution in [0.3, 0.4) is 0 Å². The Kier molecular flexibility index (Phi) is 50.2. The molecule has 0 bridgehead atoms. The van der Waals surface area contributed by atoms with E-state index in [0.717, 1.165) is 57.8 Å². The van der Waals surface area contributed by atoms with Gasteiger partial charge in [0.1, 0.15) is 13.2 Å². The molecule has 0 spiro atoms. The summed E-state index contributed by atoms with van der Waals surface area (Å²) in [6.07, 6.45) is 57.6. The lowest BCUT2D eigenvalue weighted by Crippen LogP contribution is -2.30. The molecule has 0 saturated heterocycles. The van der Waals surface area contributed by atoms with Crippen molar-refractivity contribution in [2.45, 2.75) is 316 Å². The summed E-state index contributed by atoms with van der Waals surface area (Å²) in [5.41, 5.74) is 0. The van der Waals surface area contributed by atoms with Crippen molar-refractivity contribution >= 4 is 17.9 Å². The number of carbonyl (C=O) groups is 3. The molecule has 0 fully saturated rings. The van der Waals surface area contributed by atoms with Gasteiger partial charge in [-0.1, -0.05) is 258 Å². The molecule has 0 aliphatic carbocycles. The molecule has 366 valence electrons. The average Bonchev–Trinajstić information content (AvgIpc) is 3.27. The van der Waals surface area contributed by atoms with E-state index in [1.165, 1.54) is 212 Å². The highest BCUT2D eigenvalue weighted by molar-refractivity contribution is 5.71. The molecule has 0 aromatic heterocycles. The number of carbonyl (C=O) groups excluding carboxylic acids is 3. The zero-order chi connectivity index (χ0) is 45.1. The molecule has 6 nitrogen and oxygen atoms in total. The van der Waals surface area contributed by atoms with Gasteiger partial charge in [0.2, 0.25) is 0 Å². The van der Waals surface area contributed by atoms with Crippen molar-refractivity contribution in [3.8, 4) is 0 Å². The number of hydrogen-bond donors (Lipinski definition) is 0.